The summed E-state index contributed by atoms with van der Waals surface area (Å²) in [6.45, 7) is 3.69. The molecule has 0 spiro atoms. The van der Waals surface area contributed by atoms with E-state index in [0.29, 0.717) is 19.8 Å². The number of methoxy groups -OCH3 is 1. The smallest absolute Gasteiger partial charge is 0.191 e. The standard InChI is InChI=1S/C23H30N4O2/c1-24-23(26-18-19-8-10-21(11-9-19)29-17-16-28-2)25-13-5-14-27-15-12-20-6-3-4-7-22(20)27/h3-4,6-12,15H,5,13-14,16-18H2,1-2H3,(H2,24,25,26). The summed E-state index contributed by atoms with van der Waals surface area (Å²) >= 11 is 0. The van der Waals surface area contributed by atoms with Crippen LogP contribution in [0.3, 0.4) is 0 Å². The molecule has 29 heavy (non-hydrogen) atoms. The zero-order valence-corrected chi connectivity index (χ0v) is 17.2. The number of benzene rings is 2. The van der Waals surface area contributed by atoms with Crippen LogP contribution in [0.15, 0.2) is 65.8 Å². The number of nitrogens with one attached hydrogen (secondary N) is 2. The molecule has 6 heteroatoms. The molecular weight excluding hydrogens is 364 g/mol. The maximum Gasteiger partial charge on any atom is 0.191 e. The number of aryl methyl sites for hydroxylation is 1. The van der Waals surface area contributed by atoms with E-state index in [0.717, 1.165) is 31.2 Å². The van der Waals surface area contributed by atoms with Gasteiger partial charge in [-0.3, -0.25) is 4.99 Å². The van der Waals surface area contributed by atoms with Crippen LogP contribution in [0.5, 0.6) is 5.75 Å². The maximum absolute atomic E-state index is 5.59. The van der Waals surface area contributed by atoms with Crippen molar-refractivity contribution in [2.45, 2.75) is 19.5 Å². The molecule has 0 atom stereocenters. The molecule has 0 saturated carbocycles. The van der Waals surface area contributed by atoms with Crippen LogP contribution in [0.25, 0.3) is 10.9 Å². The molecule has 0 aliphatic heterocycles. The predicted molar refractivity (Wildman–Crippen MR) is 119 cm³/mol. The minimum Gasteiger partial charge on any atom is -0.491 e. The van der Waals surface area contributed by atoms with E-state index in [1.165, 1.54) is 16.5 Å². The molecule has 2 N–H and O–H groups in total. The lowest BCUT2D eigenvalue weighted by Crippen LogP contribution is -2.37. The number of fused-ring (bicyclic) bond motifs is 1. The van der Waals surface area contributed by atoms with E-state index in [9.17, 15) is 0 Å². The first-order valence-electron chi connectivity index (χ1n) is 9.99. The first-order valence-corrected chi connectivity index (χ1v) is 9.99. The molecule has 0 radical (unpaired) electrons. The Balaban J connectivity index is 1.38. The maximum atomic E-state index is 5.59. The van der Waals surface area contributed by atoms with Crippen molar-refractivity contribution in [3.63, 3.8) is 0 Å². The van der Waals surface area contributed by atoms with Gasteiger partial charge >= 0.3 is 0 Å². The number of aromatic nitrogens is 1. The topological polar surface area (TPSA) is 59.8 Å². The molecule has 0 aliphatic carbocycles. The van der Waals surface area contributed by atoms with Gasteiger partial charge in [-0.15, -0.1) is 0 Å². The van der Waals surface area contributed by atoms with Crippen LogP contribution in [0.2, 0.25) is 0 Å². The second-order valence-electron chi connectivity index (χ2n) is 6.76. The highest BCUT2D eigenvalue weighted by molar-refractivity contribution is 5.80. The quantitative estimate of drug-likeness (QED) is 0.314. The van der Waals surface area contributed by atoms with Crippen LogP contribution < -0.4 is 15.4 Å². The molecule has 1 aromatic heterocycles. The summed E-state index contributed by atoms with van der Waals surface area (Å²) < 4.78 is 12.9. The number of hydrogen-bond donors (Lipinski definition) is 2. The van der Waals surface area contributed by atoms with E-state index in [4.69, 9.17) is 9.47 Å². The summed E-state index contributed by atoms with van der Waals surface area (Å²) in [6, 6.07) is 18.7. The van der Waals surface area contributed by atoms with Gasteiger partial charge in [0.1, 0.15) is 12.4 Å². The van der Waals surface area contributed by atoms with Crippen molar-refractivity contribution < 1.29 is 9.47 Å². The Kier molecular flexibility index (Phi) is 7.95. The molecule has 0 saturated heterocycles. The van der Waals surface area contributed by atoms with Crippen LogP contribution in [0.1, 0.15) is 12.0 Å². The summed E-state index contributed by atoms with van der Waals surface area (Å²) in [7, 11) is 3.46. The molecule has 0 amide bonds. The van der Waals surface area contributed by atoms with Crippen LogP contribution >= 0.6 is 0 Å². The van der Waals surface area contributed by atoms with Gasteiger partial charge in [-0.2, -0.15) is 0 Å². The van der Waals surface area contributed by atoms with Crippen molar-refractivity contribution in [2.75, 3.05) is 33.9 Å². The molecule has 0 bridgehead atoms. The number of guanidine groups is 1. The number of para-hydroxylation sites is 1. The van der Waals surface area contributed by atoms with Crippen molar-refractivity contribution in [2.24, 2.45) is 4.99 Å². The Hall–Kier alpha value is -2.99. The molecule has 154 valence electrons. The fourth-order valence-corrected chi connectivity index (χ4v) is 3.14. The fraction of sp³-hybridized carbons (Fsp3) is 0.348. The van der Waals surface area contributed by atoms with Gasteiger partial charge in [0.2, 0.25) is 0 Å². The van der Waals surface area contributed by atoms with Crippen molar-refractivity contribution in [1.29, 1.82) is 0 Å². The van der Waals surface area contributed by atoms with Crippen molar-refractivity contribution in [1.82, 2.24) is 15.2 Å². The van der Waals surface area contributed by atoms with E-state index < -0.39 is 0 Å². The number of ether oxygens (including phenoxy) is 2. The zero-order chi connectivity index (χ0) is 20.3. The highest BCUT2D eigenvalue weighted by Gasteiger charge is 2.02. The van der Waals surface area contributed by atoms with Crippen LogP contribution in [-0.4, -0.2) is 44.4 Å². The first-order chi connectivity index (χ1) is 14.3. The predicted octanol–water partition coefficient (Wildman–Crippen LogP) is 3.42. The summed E-state index contributed by atoms with van der Waals surface area (Å²) in [5, 5.41) is 8.02. The number of aliphatic imine (C=N–C) groups is 1. The lowest BCUT2D eigenvalue weighted by Gasteiger charge is -2.13. The molecule has 3 rings (SSSR count). The number of rotatable bonds is 10. The van der Waals surface area contributed by atoms with Crippen LogP contribution in [-0.2, 0) is 17.8 Å². The molecule has 0 unspecified atom stereocenters. The Morgan fingerprint density at radius 1 is 1.00 bits per heavy atom. The van der Waals surface area contributed by atoms with Gasteiger partial charge in [0.15, 0.2) is 5.96 Å². The van der Waals surface area contributed by atoms with Crippen molar-refractivity contribution >= 4 is 16.9 Å². The zero-order valence-electron chi connectivity index (χ0n) is 17.2. The Bertz CT molecular complexity index is 903. The Morgan fingerprint density at radius 3 is 2.62 bits per heavy atom. The molecule has 3 aromatic rings. The number of hydrogen-bond acceptors (Lipinski definition) is 3. The normalized spacial score (nSPS) is 11.6. The second kappa shape index (κ2) is 11.1. The highest BCUT2D eigenvalue weighted by atomic mass is 16.5. The van der Waals surface area contributed by atoms with Gasteiger partial charge in [0, 0.05) is 45.5 Å². The van der Waals surface area contributed by atoms with Gasteiger partial charge in [-0.05, 0) is 41.6 Å². The third kappa shape index (κ3) is 6.26. The SMILES string of the molecule is CN=C(NCCCn1ccc2ccccc21)NCc1ccc(OCCOC)cc1. The lowest BCUT2D eigenvalue weighted by molar-refractivity contribution is 0.146. The Labute approximate surface area is 172 Å². The van der Waals surface area contributed by atoms with Gasteiger partial charge in [-0.25, -0.2) is 0 Å². The molecule has 2 aromatic carbocycles. The van der Waals surface area contributed by atoms with Crippen molar-refractivity contribution in [3.05, 3.63) is 66.4 Å². The number of nitrogens with zero attached hydrogens (tertiary/aromatic N) is 2. The summed E-state index contributed by atoms with van der Waals surface area (Å²) in [6.07, 6.45) is 3.17. The second-order valence-corrected chi connectivity index (χ2v) is 6.76. The third-order valence-electron chi connectivity index (χ3n) is 4.71. The minimum atomic E-state index is 0.559. The van der Waals surface area contributed by atoms with E-state index in [1.807, 2.05) is 12.1 Å². The van der Waals surface area contributed by atoms with Crippen molar-refractivity contribution in [3.8, 4) is 5.75 Å². The van der Waals surface area contributed by atoms with Gasteiger partial charge in [0.25, 0.3) is 0 Å². The summed E-state index contributed by atoms with van der Waals surface area (Å²) in [4.78, 5) is 4.30. The van der Waals surface area contributed by atoms with E-state index >= 15 is 0 Å². The summed E-state index contributed by atoms with van der Waals surface area (Å²) in [5.41, 5.74) is 2.45. The van der Waals surface area contributed by atoms with E-state index in [1.54, 1.807) is 14.2 Å². The first kappa shape index (κ1) is 20.7. The average Bonchev–Trinajstić information content (AvgIpc) is 3.17. The van der Waals surface area contributed by atoms with Crippen LogP contribution in [0, 0.1) is 0 Å². The van der Waals surface area contributed by atoms with E-state index in [-0.39, 0.29) is 0 Å². The Morgan fingerprint density at radius 2 is 1.83 bits per heavy atom. The lowest BCUT2D eigenvalue weighted by atomic mass is 10.2. The largest absolute Gasteiger partial charge is 0.491 e. The molecular formula is C23H30N4O2. The third-order valence-corrected chi connectivity index (χ3v) is 4.71. The molecule has 6 nitrogen and oxygen atoms in total. The van der Waals surface area contributed by atoms with Gasteiger partial charge in [-0.1, -0.05) is 30.3 Å². The molecule has 0 aliphatic rings. The minimum absolute atomic E-state index is 0.559. The fourth-order valence-electron chi connectivity index (χ4n) is 3.14. The highest BCUT2D eigenvalue weighted by Crippen LogP contribution is 2.15. The van der Waals surface area contributed by atoms with Crippen LogP contribution in [0.4, 0.5) is 0 Å². The monoisotopic (exact) mass is 394 g/mol. The van der Waals surface area contributed by atoms with Gasteiger partial charge in [0.05, 0.1) is 6.61 Å². The average molecular weight is 395 g/mol. The molecule has 1 heterocycles. The van der Waals surface area contributed by atoms with E-state index in [2.05, 4.69) is 68.9 Å². The van der Waals surface area contributed by atoms with Gasteiger partial charge < -0.3 is 24.7 Å². The summed E-state index contributed by atoms with van der Waals surface area (Å²) in [5.74, 6) is 1.66. The molecule has 0 fully saturated rings.